The number of methoxy groups -OCH3 is 1. The Hall–Kier alpha value is -1.91. The summed E-state index contributed by atoms with van der Waals surface area (Å²) in [6.45, 7) is 11.2. The van der Waals surface area contributed by atoms with Gasteiger partial charge < -0.3 is 19.9 Å². The maximum absolute atomic E-state index is 12.2. The topological polar surface area (TPSA) is 44.8 Å². The van der Waals surface area contributed by atoms with Gasteiger partial charge in [-0.2, -0.15) is 0 Å². The zero-order valence-corrected chi connectivity index (χ0v) is 14.3. The molecular formula is C17H27N3O2. The summed E-state index contributed by atoms with van der Waals surface area (Å²) in [6.07, 6.45) is 0. The highest BCUT2D eigenvalue weighted by molar-refractivity contribution is 5.75. The van der Waals surface area contributed by atoms with E-state index in [1.54, 1.807) is 7.11 Å². The van der Waals surface area contributed by atoms with Crippen LogP contribution >= 0.6 is 0 Å². The van der Waals surface area contributed by atoms with Crippen molar-refractivity contribution < 1.29 is 9.53 Å². The van der Waals surface area contributed by atoms with Crippen LogP contribution < -0.4 is 15.0 Å². The number of ether oxygens (including phenoxy) is 1. The molecule has 0 spiro atoms. The van der Waals surface area contributed by atoms with E-state index in [0.29, 0.717) is 0 Å². The van der Waals surface area contributed by atoms with Crippen molar-refractivity contribution in [2.75, 3.05) is 38.2 Å². The van der Waals surface area contributed by atoms with Gasteiger partial charge in [0.1, 0.15) is 5.75 Å². The Morgan fingerprint density at radius 1 is 1.18 bits per heavy atom. The van der Waals surface area contributed by atoms with Crippen LogP contribution in [0.3, 0.4) is 0 Å². The minimum Gasteiger partial charge on any atom is -0.495 e. The SMILES string of the molecule is COc1ccc(C)cc1N1CCN(C(=O)NC(C)(C)C)CC1. The Labute approximate surface area is 133 Å². The van der Waals surface area contributed by atoms with Crippen LogP contribution in [0.1, 0.15) is 26.3 Å². The first-order valence-corrected chi connectivity index (χ1v) is 7.77. The molecule has 1 aromatic rings. The largest absolute Gasteiger partial charge is 0.495 e. The van der Waals surface area contributed by atoms with Crippen molar-refractivity contribution in [3.05, 3.63) is 23.8 Å². The number of piperazine rings is 1. The molecule has 1 saturated heterocycles. The number of nitrogens with zero attached hydrogens (tertiary/aromatic N) is 2. The number of carbonyl (C=O) groups excluding carboxylic acids is 1. The second kappa shape index (κ2) is 6.46. The van der Waals surface area contributed by atoms with Gasteiger partial charge in [0.2, 0.25) is 0 Å². The standard InChI is InChI=1S/C17H27N3O2/c1-13-6-7-15(22-5)14(12-13)19-8-10-20(11-9-19)16(21)18-17(2,3)4/h6-7,12H,8-11H2,1-5H3,(H,18,21). The number of carbonyl (C=O) groups is 1. The molecule has 1 N–H and O–H groups in total. The van der Waals surface area contributed by atoms with Gasteiger partial charge in [-0.05, 0) is 45.4 Å². The molecule has 122 valence electrons. The second-order valence-electron chi connectivity index (χ2n) is 6.83. The van der Waals surface area contributed by atoms with Crippen molar-refractivity contribution in [1.82, 2.24) is 10.2 Å². The van der Waals surface area contributed by atoms with Gasteiger partial charge in [0, 0.05) is 31.7 Å². The zero-order chi connectivity index (χ0) is 16.3. The number of hydrogen-bond acceptors (Lipinski definition) is 3. The molecule has 1 aliphatic heterocycles. The first-order chi connectivity index (χ1) is 10.3. The number of hydrogen-bond donors (Lipinski definition) is 1. The fourth-order valence-electron chi connectivity index (χ4n) is 2.60. The molecule has 0 atom stereocenters. The molecule has 5 heteroatoms. The van der Waals surface area contributed by atoms with Crippen molar-refractivity contribution >= 4 is 11.7 Å². The molecule has 2 rings (SSSR count). The first-order valence-electron chi connectivity index (χ1n) is 7.77. The van der Waals surface area contributed by atoms with E-state index in [2.05, 4.69) is 29.3 Å². The highest BCUT2D eigenvalue weighted by Crippen LogP contribution is 2.30. The lowest BCUT2D eigenvalue weighted by atomic mass is 10.1. The predicted octanol–water partition coefficient (Wildman–Crippen LogP) is 2.63. The van der Waals surface area contributed by atoms with Crippen LogP contribution in [0.15, 0.2) is 18.2 Å². The van der Waals surface area contributed by atoms with Gasteiger partial charge in [0.25, 0.3) is 0 Å². The molecule has 22 heavy (non-hydrogen) atoms. The Bertz CT molecular complexity index is 529. The lowest BCUT2D eigenvalue weighted by molar-refractivity contribution is 0.185. The summed E-state index contributed by atoms with van der Waals surface area (Å²) in [6, 6.07) is 6.21. The van der Waals surface area contributed by atoms with Crippen molar-refractivity contribution in [1.29, 1.82) is 0 Å². The minimum atomic E-state index is -0.200. The molecule has 0 saturated carbocycles. The summed E-state index contributed by atoms with van der Waals surface area (Å²) in [4.78, 5) is 16.4. The van der Waals surface area contributed by atoms with Gasteiger partial charge in [-0.1, -0.05) is 6.07 Å². The summed E-state index contributed by atoms with van der Waals surface area (Å²) in [7, 11) is 1.70. The van der Waals surface area contributed by atoms with E-state index in [1.807, 2.05) is 31.7 Å². The van der Waals surface area contributed by atoms with E-state index in [0.717, 1.165) is 37.6 Å². The molecule has 1 heterocycles. The quantitative estimate of drug-likeness (QED) is 0.913. The number of nitrogens with one attached hydrogen (secondary N) is 1. The second-order valence-corrected chi connectivity index (χ2v) is 6.83. The highest BCUT2D eigenvalue weighted by atomic mass is 16.5. The van der Waals surface area contributed by atoms with Crippen LogP contribution in [0, 0.1) is 6.92 Å². The fraction of sp³-hybridized carbons (Fsp3) is 0.588. The number of aryl methyl sites for hydroxylation is 1. The Morgan fingerprint density at radius 3 is 2.36 bits per heavy atom. The average Bonchev–Trinajstić information content (AvgIpc) is 2.45. The minimum absolute atomic E-state index is 0.0170. The molecule has 2 amide bonds. The Balaban J connectivity index is 2.00. The summed E-state index contributed by atoms with van der Waals surface area (Å²) in [5, 5.41) is 3.02. The van der Waals surface area contributed by atoms with Crippen molar-refractivity contribution in [2.45, 2.75) is 33.2 Å². The summed E-state index contributed by atoms with van der Waals surface area (Å²) in [5.41, 5.74) is 2.12. The number of amides is 2. The molecule has 1 fully saturated rings. The van der Waals surface area contributed by atoms with E-state index in [1.165, 1.54) is 5.56 Å². The third kappa shape index (κ3) is 4.06. The zero-order valence-electron chi connectivity index (χ0n) is 14.3. The molecule has 0 aromatic heterocycles. The third-order valence-electron chi connectivity index (χ3n) is 3.72. The third-order valence-corrected chi connectivity index (χ3v) is 3.72. The number of benzene rings is 1. The Morgan fingerprint density at radius 2 is 1.82 bits per heavy atom. The van der Waals surface area contributed by atoms with Crippen molar-refractivity contribution in [3.8, 4) is 5.75 Å². The summed E-state index contributed by atoms with van der Waals surface area (Å²) in [5.74, 6) is 0.887. The smallest absolute Gasteiger partial charge is 0.317 e. The van der Waals surface area contributed by atoms with Gasteiger partial charge in [-0.15, -0.1) is 0 Å². The molecule has 0 radical (unpaired) electrons. The highest BCUT2D eigenvalue weighted by Gasteiger charge is 2.25. The van der Waals surface area contributed by atoms with E-state index >= 15 is 0 Å². The molecular weight excluding hydrogens is 278 g/mol. The van der Waals surface area contributed by atoms with Gasteiger partial charge in [0.05, 0.1) is 12.8 Å². The number of rotatable bonds is 2. The lowest BCUT2D eigenvalue weighted by Crippen LogP contribution is -2.55. The van der Waals surface area contributed by atoms with Crippen LogP contribution in [0.25, 0.3) is 0 Å². The average molecular weight is 305 g/mol. The van der Waals surface area contributed by atoms with E-state index in [-0.39, 0.29) is 11.6 Å². The van der Waals surface area contributed by atoms with E-state index in [9.17, 15) is 4.79 Å². The van der Waals surface area contributed by atoms with Crippen LogP contribution in [0.4, 0.5) is 10.5 Å². The first kappa shape index (κ1) is 16.5. The normalized spacial score (nSPS) is 15.7. The summed E-state index contributed by atoms with van der Waals surface area (Å²) < 4.78 is 5.46. The van der Waals surface area contributed by atoms with Gasteiger partial charge in [0.15, 0.2) is 0 Å². The molecule has 1 aliphatic rings. The van der Waals surface area contributed by atoms with E-state index < -0.39 is 0 Å². The number of urea groups is 1. The Kier molecular flexibility index (Phi) is 4.84. The molecule has 0 bridgehead atoms. The van der Waals surface area contributed by atoms with Crippen molar-refractivity contribution in [3.63, 3.8) is 0 Å². The molecule has 1 aromatic carbocycles. The fourth-order valence-corrected chi connectivity index (χ4v) is 2.60. The maximum atomic E-state index is 12.2. The van der Waals surface area contributed by atoms with Crippen molar-refractivity contribution in [2.24, 2.45) is 0 Å². The van der Waals surface area contributed by atoms with Crippen LogP contribution in [-0.2, 0) is 0 Å². The number of anilines is 1. The predicted molar refractivity (Wildman–Crippen MR) is 89.8 cm³/mol. The van der Waals surface area contributed by atoms with Gasteiger partial charge in [-0.25, -0.2) is 4.79 Å². The van der Waals surface area contributed by atoms with E-state index in [4.69, 9.17) is 4.74 Å². The van der Waals surface area contributed by atoms with Gasteiger partial charge in [-0.3, -0.25) is 0 Å². The molecule has 0 aliphatic carbocycles. The van der Waals surface area contributed by atoms with Gasteiger partial charge >= 0.3 is 6.03 Å². The van der Waals surface area contributed by atoms with Crippen LogP contribution in [-0.4, -0.2) is 49.8 Å². The monoisotopic (exact) mass is 305 g/mol. The molecule has 0 unspecified atom stereocenters. The van der Waals surface area contributed by atoms with Crippen LogP contribution in [0.5, 0.6) is 5.75 Å². The lowest BCUT2D eigenvalue weighted by Gasteiger charge is -2.38. The molecule has 5 nitrogen and oxygen atoms in total. The van der Waals surface area contributed by atoms with Crippen LogP contribution in [0.2, 0.25) is 0 Å². The summed E-state index contributed by atoms with van der Waals surface area (Å²) >= 11 is 0. The maximum Gasteiger partial charge on any atom is 0.317 e.